The minimum absolute atomic E-state index is 0.216. The molecule has 0 unspecified atom stereocenters. The molecule has 1 saturated heterocycles. The maximum absolute atomic E-state index is 13.1. The molecule has 0 radical (unpaired) electrons. The van der Waals surface area contributed by atoms with Gasteiger partial charge in [-0.3, -0.25) is 13.9 Å². The summed E-state index contributed by atoms with van der Waals surface area (Å²) in [5, 5.41) is 2.73. The van der Waals surface area contributed by atoms with Crippen molar-refractivity contribution < 1.29 is 27.5 Å². The number of morpholine rings is 1. The highest BCUT2D eigenvalue weighted by atomic mass is 32.2. The van der Waals surface area contributed by atoms with Crippen LogP contribution in [-0.2, 0) is 19.6 Å². The zero-order chi connectivity index (χ0) is 23.3. The lowest BCUT2D eigenvalue weighted by Crippen LogP contribution is -2.45. The van der Waals surface area contributed by atoms with Crippen LogP contribution in [-0.4, -0.2) is 70.8 Å². The van der Waals surface area contributed by atoms with Gasteiger partial charge in [-0.15, -0.1) is 0 Å². The van der Waals surface area contributed by atoms with E-state index in [1.165, 1.54) is 14.0 Å². The summed E-state index contributed by atoms with van der Waals surface area (Å²) in [5.74, 6) is -0.213. The maximum atomic E-state index is 13.1. The Hall–Kier alpha value is -3.11. The number of amides is 2. The van der Waals surface area contributed by atoms with Gasteiger partial charge in [0.2, 0.25) is 15.9 Å². The largest absolute Gasteiger partial charge is 0.497 e. The van der Waals surface area contributed by atoms with Crippen LogP contribution in [0.15, 0.2) is 48.5 Å². The Kier molecular flexibility index (Phi) is 7.37. The van der Waals surface area contributed by atoms with E-state index in [9.17, 15) is 18.0 Å². The van der Waals surface area contributed by atoms with Crippen molar-refractivity contribution in [3.05, 3.63) is 54.1 Å². The quantitative estimate of drug-likeness (QED) is 0.676. The summed E-state index contributed by atoms with van der Waals surface area (Å²) in [6.45, 7) is 3.35. The van der Waals surface area contributed by atoms with Crippen LogP contribution in [0.2, 0.25) is 0 Å². The minimum Gasteiger partial charge on any atom is -0.497 e. The lowest BCUT2D eigenvalue weighted by Gasteiger charge is -2.29. The van der Waals surface area contributed by atoms with Crippen molar-refractivity contribution in [2.45, 2.75) is 13.0 Å². The Bertz CT molecular complexity index is 1070. The molecule has 0 bridgehead atoms. The lowest BCUT2D eigenvalue weighted by molar-refractivity contribution is -0.116. The zero-order valence-corrected chi connectivity index (χ0v) is 19.1. The summed E-state index contributed by atoms with van der Waals surface area (Å²) >= 11 is 0. The van der Waals surface area contributed by atoms with Gasteiger partial charge in [-0.05, 0) is 43.3 Å². The number of carbonyl (C=O) groups excluding carboxylic acids is 2. The molecule has 0 saturated carbocycles. The number of methoxy groups -OCH3 is 1. The van der Waals surface area contributed by atoms with Gasteiger partial charge in [0, 0.05) is 13.1 Å². The maximum Gasteiger partial charge on any atom is 0.256 e. The average Bonchev–Trinajstić information content (AvgIpc) is 2.79. The Balaban J connectivity index is 1.84. The number of anilines is 2. The molecule has 1 fully saturated rings. The lowest BCUT2D eigenvalue weighted by atomic mass is 10.1. The molecule has 0 aliphatic carbocycles. The smallest absolute Gasteiger partial charge is 0.256 e. The monoisotopic (exact) mass is 461 g/mol. The van der Waals surface area contributed by atoms with Gasteiger partial charge in [-0.2, -0.15) is 0 Å². The zero-order valence-electron chi connectivity index (χ0n) is 18.3. The fourth-order valence-electron chi connectivity index (χ4n) is 3.49. The number of para-hydroxylation sites is 1. The van der Waals surface area contributed by atoms with E-state index in [4.69, 9.17) is 9.47 Å². The number of rotatable bonds is 7. The van der Waals surface area contributed by atoms with Crippen molar-refractivity contribution in [2.24, 2.45) is 0 Å². The number of nitrogens with zero attached hydrogens (tertiary/aromatic N) is 2. The first-order chi connectivity index (χ1) is 15.2. The van der Waals surface area contributed by atoms with Crippen LogP contribution in [0.25, 0.3) is 0 Å². The normalized spacial score (nSPS) is 15.0. The van der Waals surface area contributed by atoms with Crippen LogP contribution in [0.3, 0.4) is 0 Å². The second kappa shape index (κ2) is 10.0. The summed E-state index contributed by atoms with van der Waals surface area (Å²) in [4.78, 5) is 27.7. The summed E-state index contributed by atoms with van der Waals surface area (Å²) in [6, 6.07) is 12.0. The van der Waals surface area contributed by atoms with Gasteiger partial charge in [0.15, 0.2) is 0 Å². The molecule has 3 rings (SSSR count). The van der Waals surface area contributed by atoms with Gasteiger partial charge < -0.3 is 19.7 Å². The number of carbonyl (C=O) groups is 2. The van der Waals surface area contributed by atoms with Gasteiger partial charge in [0.05, 0.1) is 43.5 Å². The van der Waals surface area contributed by atoms with Crippen LogP contribution in [0.5, 0.6) is 5.75 Å². The van der Waals surface area contributed by atoms with Crippen LogP contribution in [0, 0.1) is 0 Å². The molecule has 1 heterocycles. The average molecular weight is 462 g/mol. The second-order valence-corrected chi connectivity index (χ2v) is 9.23. The van der Waals surface area contributed by atoms with E-state index in [0.29, 0.717) is 49.0 Å². The molecule has 0 spiro atoms. The summed E-state index contributed by atoms with van der Waals surface area (Å²) < 4.78 is 36.5. The minimum atomic E-state index is -3.78. The predicted molar refractivity (Wildman–Crippen MR) is 122 cm³/mol. The van der Waals surface area contributed by atoms with E-state index in [1.54, 1.807) is 53.4 Å². The molecule has 2 aromatic rings. The summed E-state index contributed by atoms with van der Waals surface area (Å²) in [7, 11) is -2.27. The first-order valence-corrected chi connectivity index (χ1v) is 12.0. The Morgan fingerprint density at radius 1 is 1.09 bits per heavy atom. The van der Waals surface area contributed by atoms with E-state index in [1.807, 2.05) is 0 Å². The molecule has 1 aliphatic heterocycles. The Labute approximate surface area is 188 Å². The molecule has 2 amide bonds. The summed E-state index contributed by atoms with van der Waals surface area (Å²) in [6.07, 6.45) is 1.04. The molecule has 0 aromatic heterocycles. The highest BCUT2D eigenvalue weighted by Gasteiger charge is 2.30. The van der Waals surface area contributed by atoms with E-state index in [0.717, 1.165) is 10.6 Å². The molecular weight excluding hydrogens is 434 g/mol. The van der Waals surface area contributed by atoms with Crippen molar-refractivity contribution in [3.8, 4) is 5.75 Å². The standard InChI is InChI=1S/C22H27N3O6S/c1-16(25(32(3,28)29)17-8-10-18(30-2)11-9-17)21(26)23-20-7-5-4-6-19(20)22(27)24-12-14-31-15-13-24/h4-11,16H,12-15H2,1-3H3,(H,23,26)/t16-/m1/s1. The van der Waals surface area contributed by atoms with E-state index in [2.05, 4.69) is 5.32 Å². The Morgan fingerprint density at radius 3 is 2.31 bits per heavy atom. The van der Waals surface area contributed by atoms with Gasteiger partial charge >= 0.3 is 0 Å². The molecular formula is C22H27N3O6S. The molecule has 9 nitrogen and oxygen atoms in total. The fraction of sp³-hybridized carbons (Fsp3) is 0.364. The number of benzene rings is 2. The fourth-order valence-corrected chi connectivity index (χ4v) is 4.67. The predicted octanol–water partition coefficient (Wildman–Crippen LogP) is 1.96. The molecule has 1 atom stereocenters. The van der Waals surface area contributed by atoms with E-state index >= 15 is 0 Å². The second-order valence-electron chi connectivity index (χ2n) is 7.37. The number of sulfonamides is 1. The van der Waals surface area contributed by atoms with Crippen molar-refractivity contribution >= 4 is 33.2 Å². The van der Waals surface area contributed by atoms with E-state index in [-0.39, 0.29) is 5.91 Å². The topological polar surface area (TPSA) is 105 Å². The Morgan fingerprint density at radius 2 is 1.72 bits per heavy atom. The summed E-state index contributed by atoms with van der Waals surface area (Å²) in [5.41, 5.74) is 0.989. The van der Waals surface area contributed by atoms with E-state index < -0.39 is 22.0 Å². The third-order valence-corrected chi connectivity index (χ3v) is 6.37. The van der Waals surface area contributed by atoms with Crippen LogP contribution < -0.4 is 14.4 Å². The van der Waals surface area contributed by atoms with Gasteiger partial charge in [0.1, 0.15) is 11.8 Å². The highest BCUT2D eigenvalue weighted by molar-refractivity contribution is 7.92. The number of hydrogen-bond acceptors (Lipinski definition) is 6. The molecule has 172 valence electrons. The molecule has 32 heavy (non-hydrogen) atoms. The molecule has 10 heteroatoms. The SMILES string of the molecule is COc1ccc(N([C@H](C)C(=O)Nc2ccccc2C(=O)N2CCOCC2)S(C)(=O)=O)cc1. The van der Waals surface area contributed by atoms with Crippen molar-refractivity contribution in [2.75, 3.05) is 49.3 Å². The van der Waals surface area contributed by atoms with Crippen LogP contribution in [0.4, 0.5) is 11.4 Å². The van der Waals surface area contributed by atoms with Gasteiger partial charge in [-0.1, -0.05) is 12.1 Å². The van der Waals surface area contributed by atoms with Crippen molar-refractivity contribution in [1.82, 2.24) is 4.90 Å². The van der Waals surface area contributed by atoms with Gasteiger partial charge in [0.25, 0.3) is 5.91 Å². The molecule has 1 aliphatic rings. The number of ether oxygens (including phenoxy) is 2. The first-order valence-electron chi connectivity index (χ1n) is 10.1. The number of nitrogens with one attached hydrogen (secondary N) is 1. The van der Waals surface area contributed by atoms with Crippen LogP contribution >= 0.6 is 0 Å². The van der Waals surface area contributed by atoms with Gasteiger partial charge in [-0.25, -0.2) is 8.42 Å². The third-order valence-electron chi connectivity index (χ3n) is 5.13. The number of hydrogen-bond donors (Lipinski definition) is 1. The first kappa shape index (κ1) is 23.6. The third kappa shape index (κ3) is 5.38. The molecule has 1 N–H and O–H groups in total. The van der Waals surface area contributed by atoms with Crippen LogP contribution in [0.1, 0.15) is 17.3 Å². The van der Waals surface area contributed by atoms with Crippen molar-refractivity contribution in [1.29, 1.82) is 0 Å². The molecule has 2 aromatic carbocycles. The highest BCUT2D eigenvalue weighted by Crippen LogP contribution is 2.25. The van der Waals surface area contributed by atoms with Crippen molar-refractivity contribution in [3.63, 3.8) is 0 Å².